The van der Waals surface area contributed by atoms with E-state index < -0.39 is 17.8 Å². The van der Waals surface area contributed by atoms with E-state index in [1.54, 1.807) is 24.6 Å². The minimum atomic E-state index is -4.41. The van der Waals surface area contributed by atoms with Crippen molar-refractivity contribution in [3.63, 3.8) is 0 Å². The van der Waals surface area contributed by atoms with Gasteiger partial charge in [-0.2, -0.15) is 18.3 Å². The summed E-state index contributed by atoms with van der Waals surface area (Å²) < 4.78 is 42.8. The van der Waals surface area contributed by atoms with Crippen LogP contribution in [-0.4, -0.2) is 19.3 Å². The summed E-state index contributed by atoms with van der Waals surface area (Å²) in [5.41, 5.74) is 2.11. The van der Waals surface area contributed by atoms with E-state index in [-0.39, 0.29) is 11.7 Å². The molecule has 2 aromatic carbocycles. The van der Waals surface area contributed by atoms with Crippen molar-refractivity contribution in [2.45, 2.75) is 44.9 Å². The van der Waals surface area contributed by atoms with Crippen LogP contribution in [0.5, 0.6) is 0 Å². The molecule has 1 fully saturated rings. The van der Waals surface area contributed by atoms with E-state index in [0.29, 0.717) is 11.4 Å². The van der Waals surface area contributed by atoms with Crippen LogP contribution in [0.2, 0.25) is 0 Å². The lowest BCUT2D eigenvalue weighted by molar-refractivity contribution is -0.137. The van der Waals surface area contributed by atoms with E-state index in [1.807, 2.05) is 23.6 Å². The zero-order valence-corrected chi connectivity index (χ0v) is 17.9. The molecule has 9 heteroatoms. The number of hydrogen-bond donors (Lipinski definition) is 1. The Morgan fingerprint density at radius 3 is 2.50 bits per heavy atom. The minimum absolute atomic E-state index is 0.0526. The molecule has 6 nitrogen and oxygen atoms in total. The Kier molecular flexibility index (Phi) is 4.54. The molecule has 2 heterocycles. The van der Waals surface area contributed by atoms with Crippen LogP contribution in [0.25, 0.3) is 21.8 Å². The van der Waals surface area contributed by atoms with Gasteiger partial charge in [-0.15, -0.1) is 5.10 Å². The predicted molar refractivity (Wildman–Crippen MR) is 117 cm³/mol. The second-order valence-electron chi connectivity index (χ2n) is 8.45. The summed E-state index contributed by atoms with van der Waals surface area (Å²) in [7, 11) is 1.75. The molecule has 0 saturated heterocycles. The van der Waals surface area contributed by atoms with E-state index in [4.69, 9.17) is 0 Å². The van der Waals surface area contributed by atoms with Crippen molar-refractivity contribution in [1.82, 2.24) is 19.3 Å². The van der Waals surface area contributed by atoms with Gasteiger partial charge in [0.1, 0.15) is 0 Å². The molecule has 0 amide bonds. The van der Waals surface area contributed by atoms with E-state index >= 15 is 0 Å². The molecule has 0 bridgehead atoms. The quantitative estimate of drug-likeness (QED) is 0.478. The van der Waals surface area contributed by atoms with Crippen molar-refractivity contribution in [2.75, 3.05) is 5.32 Å². The molecule has 1 atom stereocenters. The second kappa shape index (κ2) is 7.08. The molecule has 1 aliphatic rings. The Labute approximate surface area is 181 Å². The maximum atomic E-state index is 13.1. The van der Waals surface area contributed by atoms with Gasteiger partial charge in [0, 0.05) is 23.9 Å². The van der Waals surface area contributed by atoms with E-state index in [1.165, 1.54) is 6.07 Å². The van der Waals surface area contributed by atoms with Gasteiger partial charge in [0.25, 0.3) is 0 Å². The van der Waals surface area contributed by atoms with Gasteiger partial charge in [-0.3, -0.25) is 9.13 Å². The number of nitrogens with zero attached hydrogens (tertiary/aromatic N) is 4. The lowest BCUT2D eigenvalue weighted by Gasteiger charge is -2.18. The van der Waals surface area contributed by atoms with Gasteiger partial charge >= 0.3 is 11.9 Å². The van der Waals surface area contributed by atoms with Crippen LogP contribution in [0, 0.1) is 6.92 Å². The third kappa shape index (κ3) is 3.32. The van der Waals surface area contributed by atoms with Crippen LogP contribution < -0.4 is 11.0 Å². The topological polar surface area (TPSA) is 64.7 Å². The summed E-state index contributed by atoms with van der Waals surface area (Å²) in [4.78, 5) is 12.8. The normalized spacial score (nSPS) is 15.4. The Balaban J connectivity index is 1.61. The molecule has 0 unspecified atom stereocenters. The first kappa shape index (κ1) is 20.5. The molecule has 0 spiro atoms. The van der Waals surface area contributed by atoms with Crippen molar-refractivity contribution in [3.8, 4) is 0 Å². The van der Waals surface area contributed by atoms with Gasteiger partial charge in [-0.1, -0.05) is 12.1 Å². The van der Waals surface area contributed by atoms with Crippen molar-refractivity contribution in [2.24, 2.45) is 7.05 Å². The smallest absolute Gasteiger partial charge is 0.362 e. The standard InChI is InChI=1S/C23H22F3N5O/c1-12(14-5-4-6-15(9-14)23(24,25)26)27-21-18-11-19-20(10-17(18)13(2)28-29-21)31(16-7-8-16)22(32)30(19)3/h4-6,9-12,16H,7-8H2,1-3H3,(H,27,29)/t12-/m1/s1. The van der Waals surface area contributed by atoms with E-state index in [0.717, 1.165) is 52.5 Å². The number of rotatable bonds is 4. The zero-order chi connectivity index (χ0) is 22.8. The fraction of sp³-hybridized carbons (Fsp3) is 0.348. The molecule has 1 N–H and O–H groups in total. The lowest BCUT2D eigenvalue weighted by Crippen LogP contribution is -2.21. The Morgan fingerprint density at radius 1 is 1.09 bits per heavy atom. The van der Waals surface area contributed by atoms with Crippen LogP contribution in [-0.2, 0) is 13.2 Å². The highest BCUT2D eigenvalue weighted by Gasteiger charge is 2.31. The number of fused-ring (bicyclic) bond motifs is 2. The number of halogens is 3. The van der Waals surface area contributed by atoms with Gasteiger partial charge in [0.05, 0.1) is 28.3 Å². The van der Waals surface area contributed by atoms with Crippen LogP contribution >= 0.6 is 0 Å². The summed E-state index contributed by atoms with van der Waals surface area (Å²) in [6, 6.07) is 8.91. The Hall–Kier alpha value is -3.36. The predicted octanol–water partition coefficient (Wildman–Crippen LogP) is 5.12. The number of benzene rings is 2. The molecule has 1 saturated carbocycles. The number of aromatic nitrogens is 4. The fourth-order valence-corrected chi connectivity index (χ4v) is 4.20. The third-order valence-corrected chi connectivity index (χ3v) is 6.15. The maximum Gasteiger partial charge on any atom is 0.416 e. The number of nitrogens with one attached hydrogen (secondary N) is 1. The highest BCUT2D eigenvalue weighted by molar-refractivity contribution is 6.01. The summed E-state index contributed by atoms with van der Waals surface area (Å²) in [6.45, 7) is 3.63. The molecule has 2 aromatic heterocycles. The van der Waals surface area contributed by atoms with Crippen molar-refractivity contribution in [1.29, 1.82) is 0 Å². The highest BCUT2D eigenvalue weighted by Crippen LogP contribution is 2.38. The summed E-state index contributed by atoms with van der Waals surface area (Å²) in [5.74, 6) is 0.462. The van der Waals surface area contributed by atoms with Crippen molar-refractivity contribution >= 4 is 27.6 Å². The lowest BCUT2D eigenvalue weighted by atomic mass is 10.0. The highest BCUT2D eigenvalue weighted by atomic mass is 19.4. The molecule has 4 aromatic rings. The number of hydrogen-bond acceptors (Lipinski definition) is 4. The van der Waals surface area contributed by atoms with Gasteiger partial charge in [0.15, 0.2) is 5.82 Å². The monoisotopic (exact) mass is 441 g/mol. The number of anilines is 1. The molecule has 5 rings (SSSR count). The molecule has 32 heavy (non-hydrogen) atoms. The van der Waals surface area contributed by atoms with Crippen LogP contribution in [0.4, 0.5) is 19.0 Å². The molecule has 0 aliphatic heterocycles. The van der Waals surface area contributed by atoms with Crippen molar-refractivity contribution in [3.05, 3.63) is 63.7 Å². The molecular weight excluding hydrogens is 419 g/mol. The maximum absolute atomic E-state index is 13.1. The fourth-order valence-electron chi connectivity index (χ4n) is 4.20. The van der Waals surface area contributed by atoms with Gasteiger partial charge in [-0.25, -0.2) is 4.79 Å². The minimum Gasteiger partial charge on any atom is -0.362 e. The average molecular weight is 441 g/mol. The first-order valence-corrected chi connectivity index (χ1v) is 10.5. The molecule has 166 valence electrons. The average Bonchev–Trinajstić information content (AvgIpc) is 3.56. The SMILES string of the molecule is Cc1nnc(N[C@H](C)c2cccc(C(F)(F)F)c2)c2cc3c(cc12)n(C1CC1)c(=O)n3C. The first-order chi connectivity index (χ1) is 15.1. The summed E-state index contributed by atoms with van der Waals surface area (Å²) in [5, 5.41) is 13.4. The summed E-state index contributed by atoms with van der Waals surface area (Å²) >= 11 is 0. The summed E-state index contributed by atoms with van der Waals surface area (Å²) in [6.07, 6.45) is -2.42. The molecule has 0 radical (unpaired) electrons. The van der Waals surface area contributed by atoms with E-state index in [9.17, 15) is 18.0 Å². The first-order valence-electron chi connectivity index (χ1n) is 10.5. The number of alkyl halides is 3. The van der Waals surface area contributed by atoms with Crippen LogP contribution in [0.1, 0.15) is 48.7 Å². The molecular formula is C23H22F3N5O. The number of aryl methyl sites for hydroxylation is 2. The van der Waals surface area contributed by atoms with Crippen molar-refractivity contribution < 1.29 is 13.2 Å². The van der Waals surface area contributed by atoms with Gasteiger partial charge in [-0.05, 0) is 56.5 Å². The van der Waals surface area contributed by atoms with Gasteiger partial charge in [0.2, 0.25) is 0 Å². The molecule has 1 aliphatic carbocycles. The zero-order valence-electron chi connectivity index (χ0n) is 17.9. The largest absolute Gasteiger partial charge is 0.416 e. The Morgan fingerprint density at radius 2 is 1.81 bits per heavy atom. The second-order valence-corrected chi connectivity index (χ2v) is 8.45. The van der Waals surface area contributed by atoms with Crippen LogP contribution in [0.3, 0.4) is 0 Å². The van der Waals surface area contributed by atoms with Crippen LogP contribution in [0.15, 0.2) is 41.2 Å². The number of imidazole rings is 1. The Bertz CT molecular complexity index is 1420. The third-order valence-electron chi connectivity index (χ3n) is 6.15. The van der Waals surface area contributed by atoms with E-state index in [2.05, 4.69) is 15.5 Å². The van der Waals surface area contributed by atoms with Gasteiger partial charge < -0.3 is 5.32 Å².